The number of nitrogens with one attached hydrogen (secondary N) is 2. The van der Waals surface area contributed by atoms with Crippen LogP contribution in [-0.2, 0) is 15.5 Å². The average Bonchev–Trinajstić information content (AvgIpc) is 2.93. The maximum Gasteiger partial charge on any atom is 0.311 e. The summed E-state index contributed by atoms with van der Waals surface area (Å²) >= 11 is 0. The Hall–Kier alpha value is -2.56. The Morgan fingerprint density at radius 2 is 1.81 bits per heavy atom. The lowest BCUT2D eigenvalue weighted by Crippen LogP contribution is -2.12. The number of benzene rings is 2. The third-order valence-electron chi connectivity index (χ3n) is 4.33. The van der Waals surface area contributed by atoms with Crippen LogP contribution in [-0.4, -0.2) is 21.0 Å². The Bertz CT molecular complexity index is 968. The number of para-hydroxylation sites is 1. The Balaban J connectivity index is 2.01. The van der Waals surface area contributed by atoms with Crippen LogP contribution in [0, 0.1) is 0 Å². The zero-order valence-electron chi connectivity index (χ0n) is 14.3. The van der Waals surface area contributed by atoms with Gasteiger partial charge in [-0.3, -0.25) is 9.36 Å². The van der Waals surface area contributed by atoms with Crippen LogP contribution in [0.25, 0.3) is 10.9 Å². The molecule has 4 N–H and O–H groups in total. The maximum atomic E-state index is 12.7. The Morgan fingerprint density at radius 3 is 2.46 bits per heavy atom. The number of hydrogen-bond acceptors (Lipinski definition) is 2. The maximum absolute atomic E-state index is 12.7. The second-order valence-electron chi connectivity index (χ2n) is 6.22. The minimum atomic E-state index is -3.77. The Morgan fingerprint density at radius 1 is 1.15 bits per heavy atom. The van der Waals surface area contributed by atoms with Gasteiger partial charge in [0.1, 0.15) is 5.82 Å². The molecule has 2 aromatic carbocycles. The summed E-state index contributed by atoms with van der Waals surface area (Å²) in [5, 5.41) is 13.0. The minimum absolute atomic E-state index is 0.0491. The topological polar surface area (TPSA) is 102 Å². The van der Waals surface area contributed by atoms with Gasteiger partial charge in [-0.1, -0.05) is 55.5 Å². The molecule has 0 saturated carbocycles. The third-order valence-corrected chi connectivity index (χ3v) is 5.69. The highest BCUT2D eigenvalue weighted by Crippen LogP contribution is 2.47. The van der Waals surface area contributed by atoms with Gasteiger partial charge >= 0.3 is 5.97 Å². The van der Waals surface area contributed by atoms with Crippen LogP contribution in [0.1, 0.15) is 30.4 Å². The van der Waals surface area contributed by atoms with E-state index in [2.05, 4.69) is 10.1 Å². The molecule has 0 aliphatic heterocycles. The molecule has 0 radical (unpaired) electrons. The lowest BCUT2D eigenvalue weighted by Gasteiger charge is -2.17. The molecular formula is C19H21N2O4P. The van der Waals surface area contributed by atoms with Gasteiger partial charge in [-0.05, 0) is 18.1 Å². The number of H-pyrrole nitrogens is 1. The third kappa shape index (κ3) is 3.82. The molecule has 0 fully saturated rings. The Kier molecular flexibility index (Phi) is 5.16. The number of hydrogen-bond donors (Lipinski definition) is 4. The summed E-state index contributed by atoms with van der Waals surface area (Å²) in [6.45, 7) is 1.78. The second kappa shape index (κ2) is 7.36. The zero-order valence-corrected chi connectivity index (χ0v) is 15.2. The van der Waals surface area contributed by atoms with Crippen molar-refractivity contribution < 1.29 is 19.4 Å². The molecule has 2 unspecified atom stereocenters. The van der Waals surface area contributed by atoms with Crippen LogP contribution in [0.5, 0.6) is 0 Å². The van der Waals surface area contributed by atoms with Gasteiger partial charge in [0.15, 0.2) is 0 Å². The van der Waals surface area contributed by atoms with Crippen molar-refractivity contribution >= 4 is 30.2 Å². The molecule has 26 heavy (non-hydrogen) atoms. The van der Waals surface area contributed by atoms with Gasteiger partial charge in [0.2, 0.25) is 0 Å². The first-order valence-electron chi connectivity index (χ1n) is 8.38. The number of aromatic amines is 1. The molecule has 136 valence electrons. The van der Waals surface area contributed by atoms with Crippen LogP contribution in [0.3, 0.4) is 0 Å². The van der Waals surface area contributed by atoms with Gasteiger partial charge in [0.25, 0.3) is 7.52 Å². The van der Waals surface area contributed by atoms with E-state index in [1.54, 1.807) is 31.2 Å². The van der Waals surface area contributed by atoms with Crippen LogP contribution in [0.4, 0.5) is 5.82 Å². The molecule has 2 atom stereocenters. The van der Waals surface area contributed by atoms with Crippen LogP contribution in [0.2, 0.25) is 0 Å². The van der Waals surface area contributed by atoms with Gasteiger partial charge in [-0.25, -0.2) is 0 Å². The second-order valence-corrected chi connectivity index (χ2v) is 8.16. The molecule has 3 rings (SSSR count). The first-order valence-corrected chi connectivity index (χ1v) is 10.2. The normalized spacial score (nSPS) is 14.7. The molecule has 7 heteroatoms. The van der Waals surface area contributed by atoms with Crippen molar-refractivity contribution in [2.75, 3.05) is 5.09 Å². The quantitative estimate of drug-likeness (QED) is 0.456. The summed E-state index contributed by atoms with van der Waals surface area (Å²) in [6, 6.07) is 16.3. The molecule has 0 aliphatic rings. The predicted molar refractivity (Wildman–Crippen MR) is 103 cm³/mol. The summed E-state index contributed by atoms with van der Waals surface area (Å²) in [5.41, 5.74) is 1.97. The van der Waals surface area contributed by atoms with Gasteiger partial charge in [-0.15, -0.1) is 0 Å². The van der Waals surface area contributed by atoms with E-state index in [0.29, 0.717) is 17.8 Å². The molecule has 0 amide bonds. The number of aromatic nitrogens is 1. The van der Waals surface area contributed by atoms with E-state index < -0.39 is 19.4 Å². The van der Waals surface area contributed by atoms with Crippen molar-refractivity contribution in [2.45, 2.75) is 25.4 Å². The average molecular weight is 372 g/mol. The summed E-state index contributed by atoms with van der Waals surface area (Å²) in [4.78, 5) is 25.2. The minimum Gasteiger partial charge on any atom is -0.481 e. The highest BCUT2D eigenvalue weighted by atomic mass is 31.2. The van der Waals surface area contributed by atoms with Crippen LogP contribution >= 0.6 is 7.52 Å². The summed E-state index contributed by atoms with van der Waals surface area (Å²) in [6.07, 6.45) is 0.326. The first kappa shape index (κ1) is 18.2. The van der Waals surface area contributed by atoms with Crippen molar-refractivity contribution in [3.63, 3.8) is 0 Å². The smallest absolute Gasteiger partial charge is 0.311 e. The first-order chi connectivity index (χ1) is 12.4. The number of fused-ring (bicyclic) bond motifs is 1. The number of aliphatic carboxylic acids is 1. The molecule has 3 aromatic rings. The van der Waals surface area contributed by atoms with E-state index in [0.717, 1.165) is 16.5 Å². The molecule has 1 heterocycles. The van der Waals surface area contributed by atoms with Crippen molar-refractivity contribution in [2.24, 2.45) is 0 Å². The summed E-state index contributed by atoms with van der Waals surface area (Å²) in [7, 11) is -3.77. The van der Waals surface area contributed by atoms with Crippen molar-refractivity contribution in [1.29, 1.82) is 0 Å². The van der Waals surface area contributed by atoms with Crippen molar-refractivity contribution in [1.82, 2.24) is 4.98 Å². The Labute approximate surface area is 151 Å². The molecular weight excluding hydrogens is 351 g/mol. The molecule has 6 nitrogen and oxygen atoms in total. The van der Waals surface area contributed by atoms with Crippen molar-refractivity contribution in [3.05, 3.63) is 65.7 Å². The number of carbonyl (C=O) groups is 1. The van der Waals surface area contributed by atoms with E-state index in [4.69, 9.17) is 0 Å². The summed E-state index contributed by atoms with van der Waals surface area (Å²) in [5.74, 6) is -1.44. The fourth-order valence-corrected chi connectivity index (χ4v) is 4.47. The van der Waals surface area contributed by atoms with Crippen LogP contribution in [0.15, 0.2) is 54.6 Å². The standard InChI is InChI=1S/C19H21N2O4P/c1-2-14(19(22)23)17-15-10-6-7-11-16(15)20-18(17)21-26(24,25)12-13-8-4-3-5-9-13/h3-11,14,20H,2,12H2,1H3,(H,22,23)(H2,21,24,25). The van der Waals surface area contributed by atoms with Gasteiger partial charge < -0.3 is 20.1 Å². The van der Waals surface area contributed by atoms with E-state index in [-0.39, 0.29) is 6.16 Å². The molecule has 1 aromatic heterocycles. The van der Waals surface area contributed by atoms with Gasteiger partial charge in [-0.2, -0.15) is 0 Å². The van der Waals surface area contributed by atoms with E-state index >= 15 is 0 Å². The molecule has 0 aliphatic carbocycles. The monoisotopic (exact) mass is 372 g/mol. The molecule has 0 bridgehead atoms. The molecule has 0 spiro atoms. The lowest BCUT2D eigenvalue weighted by atomic mass is 9.95. The van der Waals surface area contributed by atoms with Crippen molar-refractivity contribution in [3.8, 4) is 0 Å². The number of carboxylic acid groups (broad SMARTS) is 1. The number of carboxylic acids is 1. The molecule has 0 saturated heterocycles. The zero-order chi connectivity index (χ0) is 18.7. The van der Waals surface area contributed by atoms with Gasteiger partial charge in [0, 0.05) is 16.5 Å². The highest BCUT2D eigenvalue weighted by molar-refractivity contribution is 7.58. The fourth-order valence-electron chi connectivity index (χ4n) is 3.16. The largest absolute Gasteiger partial charge is 0.481 e. The van der Waals surface area contributed by atoms with Crippen LogP contribution < -0.4 is 5.09 Å². The summed E-state index contributed by atoms with van der Waals surface area (Å²) < 4.78 is 12.7. The van der Waals surface area contributed by atoms with E-state index in [1.807, 2.05) is 30.3 Å². The number of anilines is 1. The van der Waals surface area contributed by atoms with E-state index in [1.165, 1.54) is 0 Å². The van der Waals surface area contributed by atoms with E-state index in [9.17, 15) is 19.4 Å². The SMILES string of the molecule is CCC(C(=O)O)c1c(NP(=O)(O)Cc2ccccc2)[nH]c2ccccc12. The highest BCUT2D eigenvalue weighted by Gasteiger charge is 2.28. The number of rotatable bonds is 7. The fraction of sp³-hybridized carbons (Fsp3) is 0.211. The predicted octanol–water partition coefficient (Wildman–Crippen LogP) is 4.54. The lowest BCUT2D eigenvalue weighted by molar-refractivity contribution is -0.138. The van der Waals surface area contributed by atoms with Gasteiger partial charge in [0.05, 0.1) is 12.1 Å².